The summed E-state index contributed by atoms with van der Waals surface area (Å²) in [5.41, 5.74) is 0. The first kappa shape index (κ1) is 14.0. The maximum absolute atomic E-state index is 12.1. The molecule has 0 radical (unpaired) electrons. The number of hydrogen-bond acceptors (Lipinski definition) is 3. The topological polar surface area (TPSA) is 46.2 Å². The molecule has 0 amide bonds. The van der Waals surface area contributed by atoms with Gasteiger partial charge in [-0.1, -0.05) is 23.7 Å². The molecule has 1 aromatic carbocycles. The Hall–Kier alpha value is -0.400. The minimum atomic E-state index is -3.58. The van der Waals surface area contributed by atoms with Crippen molar-refractivity contribution in [1.82, 2.24) is 4.72 Å². The lowest BCUT2D eigenvalue weighted by molar-refractivity contribution is 0.582. The number of hydrogen-bond donors (Lipinski definition) is 1. The van der Waals surface area contributed by atoms with Crippen LogP contribution in [0.2, 0.25) is 5.02 Å². The van der Waals surface area contributed by atoms with Crippen molar-refractivity contribution in [2.75, 3.05) is 0 Å². The molecule has 2 aromatic rings. The van der Waals surface area contributed by atoms with E-state index in [1.54, 1.807) is 18.2 Å². The minimum Gasteiger partial charge on any atom is -0.207 e. The van der Waals surface area contributed by atoms with Gasteiger partial charge in [-0.15, -0.1) is 11.3 Å². The van der Waals surface area contributed by atoms with Crippen LogP contribution in [0, 0.1) is 0 Å². The molecule has 0 atom stereocenters. The maximum Gasteiger partial charge on any atom is 0.242 e. The molecule has 1 aromatic heterocycles. The Labute approximate surface area is 123 Å². The first-order valence-electron chi connectivity index (χ1n) is 4.97. The number of sulfonamides is 1. The third kappa shape index (κ3) is 3.13. The van der Waals surface area contributed by atoms with Crippen LogP contribution in [-0.2, 0) is 16.6 Å². The molecular weight excluding hydrogens is 358 g/mol. The maximum atomic E-state index is 12.1. The lowest BCUT2D eigenvalue weighted by Gasteiger charge is -2.07. The van der Waals surface area contributed by atoms with Crippen LogP contribution >= 0.6 is 38.9 Å². The number of nitrogens with one attached hydrogen (secondary N) is 1. The summed E-state index contributed by atoms with van der Waals surface area (Å²) in [4.78, 5) is 1.02. The van der Waals surface area contributed by atoms with Crippen molar-refractivity contribution in [1.29, 1.82) is 0 Å². The quantitative estimate of drug-likeness (QED) is 0.898. The van der Waals surface area contributed by atoms with Crippen LogP contribution in [0.25, 0.3) is 0 Å². The van der Waals surface area contributed by atoms with E-state index < -0.39 is 10.0 Å². The standard InChI is InChI=1S/C11H9BrClNO2S2/c12-8-5-6-17-10(8)7-14-18(15,16)11-4-2-1-3-9(11)13/h1-6,14H,7H2. The van der Waals surface area contributed by atoms with E-state index in [1.807, 2.05) is 11.4 Å². The summed E-state index contributed by atoms with van der Waals surface area (Å²) in [6, 6.07) is 8.24. The van der Waals surface area contributed by atoms with Gasteiger partial charge in [0.15, 0.2) is 0 Å². The van der Waals surface area contributed by atoms with Gasteiger partial charge < -0.3 is 0 Å². The zero-order valence-electron chi connectivity index (χ0n) is 9.06. The Kier molecular flexibility index (Phi) is 4.45. The van der Waals surface area contributed by atoms with Crippen molar-refractivity contribution in [2.24, 2.45) is 0 Å². The van der Waals surface area contributed by atoms with Gasteiger partial charge in [-0.25, -0.2) is 13.1 Å². The van der Waals surface area contributed by atoms with Gasteiger partial charge in [0.25, 0.3) is 0 Å². The molecule has 7 heteroatoms. The largest absolute Gasteiger partial charge is 0.242 e. The lowest BCUT2D eigenvalue weighted by atomic mass is 10.4. The first-order chi connectivity index (χ1) is 8.50. The second kappa shape index (κ2) is 5.71. The molecular formula is C11H9BrClNO2S2. The zero-order chi connectivity index (χ0) is 13.2. The summed E-state index contributed by atoms with van der Waals surface area (Å²) >= 11 is 10.7. The Morgan fingerprint density at radius 1 is 1.28 bits per heavy atom. The summed E-state index contributed by atoms with van der Waals surface area (Å²) in [7, 11) is -3.58. The normalized spacial score (nSPS) is 11.7. The van der Waals surface area contributed by atoms with Crippen LogP contribution in [0.1, 0.15) is 4.88 Å². The molecule has 0 bridgehead atoms. The smallest absolute Gasteiger partial charge is 0.207 e. The molecule has 0 aliphatic carbocycles. The van der Waals surface area contributed by atoms with Gasteiger partial charge in [-0.3, -0.25) is 0 Å². The molecule has 96 valence electrons. The highest BCUT2D eigenvalue weighted by Gasteiger charge is 2.17. The Morgan fingerprint density at radius 2 is 2.00 bits per heavy atom. The van der Waals surface area contributed by atoms with Crippen molar-refractivity contribution < 1.29 is 8.42 Å². The van der Waals surface area contributed by atoms with Gasteiger partial charge in [0.05, 0.1) is 5.02 Å². The third-order valence-electron chi connectivity index (χ3n) is 2.24. The molecule has 0 spiro atoms. The van der Waals surface area contributed by atoms with Crippen LogP contribution in [0.4, 0.5) is 0 Å². The molecule has 0 saturated carbocycles. The molecule has 1 N–H and O–H groups in total. The number of thiophene rings is 1. The summed E-state index contributed by atoms with van der Waals surface area (Å²) in [5, 5.41) is 2.11. The van der Waals surface area contributed by atoms with Crippen molar-refractivity contribution in [3.8, 4) is 0 Å². The van der Waals surface area contributed by atoms with Gasteiger partial charge in [0.2, 0.25) is 10.0 Å². The zero-order valence-corrected chi connectivity index (χ0v) is 13.0. The molecule has 0 aliphatic heterocycles. The fourth-order valence-corrected chi connectivity index (χ4v) is 4.39. The monoisotopic (exact) mass is 365 g/mol. The van der Waals surface area contributed by atoms with Gasteiger partial charge >= 0.3 is 0 Å². The van der Waals surface area contributed by atoms with Crippen LogP contribution in [0.15, 0.2) is 45.1 Å². The second-order valence-corrected chi connectivity index (χ2v) is 7.44. The molecule has 0 aliphatic rings. The first-order valence-corrected chi connectivity index (χ1v) is 8.50. The molecule has 3 nitrogen and oxygen atoms in total. The van der Waals surface area contributed by atoms with Gasteiger partial charge in [0.1, 0.15) is 4.90 Å². The van der Waals surface area contributed by atoms with Crippen LogP contribution < -0.4 is 4.72 Å². The van der Waals surface area contributed by atoms with E-state index in [2.05, 4.69) is 20.7 Å². The average molecular weight is 367 g/mol. The lowest BCUT2D eigenvalue weighted by Crippen LogP contribution is -2.23. The fraction of sp³-hybridized carbons (Fsp3) is 0.0909. The van der Waals surface area contributed by atoms with E-state index in [1.165, 1.54) is 17.4 Å². The Morgan fingerprint density at radius 3 is 2.61 bits per heavy atom. The van der Waals surface area contributed by atoms with Crippen LogP contribution in [0.3, 0.4) is 0 Å². The molecule has 18 heavy (non-hydrogen) atoms. The third-order valence-corrected chi connectivity index (χ3v) is 6.07. The van der Waals surface area contributed by atoms with Crippen molar-refractivity contribution in [3.05, 3.63) is 50.1 Å². The van der Waals surface area contributed by atoms with E-state index >= 15 is 0 Å². The molecule has 0 unspecified atom stereocenters. The number of halogens is 2. The molecule has 2 rings (SSSR count). The van der Waals surface area contributed by atoms with E-state index in [-0.39, 0.29) is 16.5 Å². The molecule has 1 heterocycles. The Balaban J connectivity index is 2.19. The van der Waals surface area contributed by atoms with Crippen LogP contribution in [0.5, 0.6) is 0 Å². The average Bonchev–Trinajstić information content (AvgIpc) is 2.73. The molecule has 0 fully saturated rings. The number of rotatable bonds is 4. The van der Waals surface area contributed by atoms with E-state index in [4.69, 9.17) is 11.6 Å². The SMILES string of the molecule is O=S(=O)(NCc1sccc1Br)c1ccccc1Cl. The second-order valence-electron chi connectivity index (χ2n) is 3.45. The summed E-state index contributed by atoms with van der Waals surface area (Å²) in [5.74, 6) is 0. The summed E-state index contributed by atoms with van der Waals surface area (Å²) < 4.78 is 27.5. The highest BCUT2D eigenvalue weighted by molar-refractivity contribution is 9.10. The van der Waals surface area contributed by atoms with E-state index in [0.717, 1.165) is 9.35 Å². The highest BCUT2D eigenvalue weighted by atomic mass is 79.9. The summed E-state index contributed by atoms with van der Waals surface area (Å²) in [6.45, 7) is 0.242. The highest BCUT2D eigenvalue weighted by Crippen LogP contribution is 2.24. The van der Waals surface area contributed by atoms with Crippen LogP contribution in [-0.4, -0.2) is 8.42 Å². The van der Waals surface area contributed by atoms with Crippen molar-refractivity contribution in [3.63, 3.8) is 0 Å². The van der Waals surface area contributed by atoms with Gasteiger partial charge in [0, 0.05) is 15.9 Å². The van der Waals surface area contributed by atoms with Gasteiger partial charge in [-0.2, -0.15) is 0 Å². The predicted molar refractivity (Wildman–Crippen MR) is 77.5 cm³/mol. The Bertz CT molecular complexity index is 655. The minimum absolute atomic E-state index is 0.0966. The van der Waals surface area contributed by atoms with Gasteiger partial charge in [-0.05, 0) is 39.5 Å². The number of benzene rings is 1. The molecule has 0 saturated heterocycles. The van der Waals surface area contributed by atoms with E-state index in [0.29, 0.717) is 0 Å². The predicted octanol–water partition coefficient (Wildman–Crippen LogP) is 3.64. The fourth-order valence-electron chi connectivity index (χ4n) is 1.35. The van der Waals surface area contributed by atoms with Crippen molar-refractivity contribution >= 4 is 48.9 Å². The summed E-state index contributed by atoms with van der Waals surface area (Å²) in [6.07, 6.45) is 0. The van der Waals surface area contributed by atoms with E-state index in [9.17, 15) is 8.42 Å². The van der Waals surface area contributed by atoms with Crippen molar-refractivity contribution in [2.45, 2.75) is 11.4 Å².